The molecule has 0 radical (unpaired) electrons. The Morgan fingerprint density at radius 3 is 2.85 bits per heavy atom. The van der Waals surface area contributed by atoms with E-state index in [1.165, 1.54) is 29.0 Å². The lowest BCUT2D eigenvalue weighted by molar-refractivity contribution is 0.570. The number of nitrogens with two attached hydrogens (primary N) is 1. The van der Waals surface area contributed by atoms with Gasteiger partial charge in [-0.1, -0.05) is 12.8 Å². The van der Waals surface area contributed by atoms with E-state index in [1.807, 2.05) is 11.3 Å². The molecular formula is C11H17NS. The van der Waals surface area contributed by atoms with Gasteiger partial charge in [0.1, 0.15) is 0 Å². The first-order chi connectivity index (χ1) is 6.24. The molecule has 72 valence electrons. The van der Waals surface area contributed by atoms with Crippen molar-refractivity contribution in [2.24, 2.45) is 11.7 Å². The molecule has 13 heavy (non-hydrogen) atoms. The standard InChI is InChI=1S/C11H17NS/c1-8-2-5-11(13-8)7-10(12)6-9-3-4-9/h2,5,9-10H,3-4,6-7,12H2,1H3. The molecular weight excluding hydrogens is 178 g/mol. The fraction of sp³-hybridized carbons (Fsp3) is 0.636. The molecule has 1 aromatic heterocycles. The van der Waals surface area contributed by atoms with Crippen LogP contribution in [0.25, 0.3) is 0 Å². The molecule has 2 N–H and O–H groups in total. The van der Waals surface area contributed by atoms with Crippen LogP contribution >= 0.6 is 11.3 Å². The molecule has 1 saturated carbocycles. The Balaban J connectivity index is 1.82. The van der Waals surface area contributed by atoms with Crippen LogP contribution in [0, 0.1) is 12.8 Å². The first-order valence-electron chi connectivity index (χ1n) is 5.05. The van der Waals surface area contributed by atoms with Crippen LogP contribution < -0.4 is 5.73 Å². The molecule has 0 aromatic carbocycles. The molecule has 1 aliphatic rings. The third-order valence-corrected chi connectivity index (χ3v) is 3.62. The maximum atomic E-state index is 6.06. The van der Waals surface area contributed by atoms with Crippen molar-refractivity contribution in [1.82, 2.24) is 0 Å². The van der Waals surface area contributed by atoms with Crippen LogP contribution in [0.3, 0.4) is 0 Å². The molecule has 0 aliphatic heterocycles. The zero-order valence-electron chi connectivity index (χ0n) is 8.12. The monoisotopic (exact) mass is 195 g/mol. The van der Waals surface area contributed by atoms with Crippen molar-refractivity contribution in [3.05, 3.63) is 21.9 Å². The van der Waals surface area contributed by atoms with Gasteiger partial charge in [-0.2, -0.15) is 0 Å². The van der Waals surface area contributed by atoms with Crippen molar-refractivity contribution in [3.63, 3.8) is 0 Å². The zero-order chi connectivity index (χ0) is 9.26. The molecule has 1 nitrogen and oxygen atoms in total. The average molecular weight is 195 g/mol. The van der Waals surface area contributed by atoms with E-state index in [1.54, 1.807) is 0 Å². The van der Waals surface area contributed by atoms with Gasteiger partial charge < -0.3 is 5.73 Å². The third kappa shape index (κ3) is 2.82. The van der Waals surface area contributed by atoms with Gasteiger partial charge in [0.25, 0.3) is 0 Å². The molecule has 1 fully saturated rings. The Bertz CT molecular complexity index is 275. The summed E-state index contributed by atoms with van der Waals surface area (Å²) in [6.07, 6.45) is 5.14. The van der Waals surface area contributed by atoms with Crippen LogP contribution in [0.15, 0.2) is 12.1 Å². The van der Waals surface area contributed by atoms with Gasteiger partial charge in [-0.05, 0) is 37.8 Å². The van der Waals surface area contributed by atoms with Crippen molar-refractivity contribution >= 4 is 11.3 Å². The second-order valence-electron chi connectivity index (χ2n) is 4.16. The Kier molecular flexibility index (Phi) is 2.70. The minimum atomic E-state index is 0.394. The zero-order valence-corrected chi connectivity index (χ0v) is 8.94. The van der Waals surface area contributed by atoms with E-state index >= 15 is 0 Å². The normalized spacial score (nSPS) is 18.9. The summed E-state index contributed by atoms with van der Waals surface area (Å²) in [6.45, 7) is 2.15. The third-order valence-electron chi connectivity index (χ3n) is 2.59. The topological polar surface area (TPSA) is 26.0 Å². The Labute approximate surface area is 84.0 Å². The van der Waals surface area contributed by atoms with Gasteiger partial charge in [0.2, 0.25) is 0 Å². The van der Waals surface area contributed by atoms with Crippen molar-refractivity contribution in [1.29, 1.82) is 0 Å². The molecule has 0 spiro atoms. The lowest BCUT2D eigenvalue weighted by atomic mass is 10.1. The SMILES string of the molecule is Cc1ccc(CC(N)CC2CC2)s1. The van der Waals surface area contributed by atoms with Crippen LogP contribution in [-0.2, 0) is 6.42 Å². The summed E-state index contributed by atoms with van der Waals surface area (Å²) >= 11 is 1.88. The molecule has 1 unspecified atom stereocenters. The van der Waals surface area contributed by atoms with E-state index in [2.05, 4.69) is 19.1 Å². The van der Waals surface area contributed by atoms with Gasteiger partial charge in [0.05, 0.1) is 0 Å². The van der Waals surface area contributed by atoms with Gasteiger partial charge in [-0.25, -0.2) is 0 Å². The number of hydrogen-bond donors (Lipinski definition) is 1. The molecule has 2 rings (SSSR count). The summed E-state index contributed by atoms with van der Waals surface area (Å²) in [6, 6.07) is 4.79. The van der Waals surface area contributed by atoms with Crippen LogP contribution in [-0.4, -0.2) is 6.04 Å². The Morgan fingerprint density at radius 1 is 1.54 bits per heavy atom. The summed E-state index contributed by atoms with van der Waals surface area (Å²) < 4.78 is 0. The molecule has 2 heteroatoms. The number of hydrogen-bond acceptors (Lipinski definition) is 2. The Hall–Kier alpha value is -0.340. The molecule has 0 saturated heterocycles. The first kappa shape index (κ1) is 9.22. The fourth-order valence-corrected chi connectivity index (χ4v) is 2.70. The van der Waals surface area contributed by atoms with E-state index in [0.717, 1.165) is 12.3 Å². The van der Waals surface area contributed by atoms with Gasteiger partial charge in [-0.3, -0.25) is 0 Å². The van der Waals surface area contributed by atoms with E-state index in [0.29, 0.717) is 6.04 Å². The fourth-order valence-electron chi connectivity index (χ4n) is 1.72. The maximum absolute atomic E-state index is 6.06. The highest BCUT2D eigenvalue weighted by atomic mass is 32.1. The van der Waals surface area contributed by atoms with Crippen LogP contribution in [0.5, 0.6) is 0 Å². The molecule has 1 heterocycles. The van der Waals surface area contributed by atoms with Crippen LogP contribution in [0.2, 0.25) is 0 Å². The lowest BCUT2D eigenvalue weighted by Crippen LogP contribution is -2.22. The summed E-state index contributed by atoms with van der Waals surface area (Å²) in [7, 11) is 0. The number of rotatable bonds is 4. The molecule has 1 aromatic rings. The smallest absolute Gasteiger partial charge is 0.00898 e. The summed E-state index contributed by atoms with van der Waals surface area (Å²) in [5, 5.41) is 0. The van der Waals surface area contributed by atoms with Gasteiger partial charge in [0, 0.05) is 15.8 Å². The van der Waals surface area contributed by atoms with E-state index in [9.17, 15) is 0 Å². The summed E-state index contributed by atoms with van der Waals surface area (Å²) in [5.74, 6) is 0.955. The predicted molar refractivity (Wildman–Crippen MR) is 58.1 cm³/mol. The van der Waals surface area contributed by atoms with Gasteiger partial charge in [-0.15, -0.1) is 11.3 Å². The average Bonchev–Trinajstić information content (AvgIpc) is 2.76. The summed E-state index contributed by atoms with van der Waals surface area (Å²) in [4.78, 5) is 2.85. The highest BCUT2D eigenvalue weighted by Crippen LogP contribution is 2.33. The predicted octanol–water partition coefficient (Wildman–Crippen LogP) is 2.73. The summed E-state index contributed by atoms with van der Waals surface area (Å²) in [5.41, 5.74) is 6.06. The first-order valence-corrected chi connectivity index (χ1v) is 5.86. The quantitative estimate of drug-likeness (QED) is 0.785. The van der Waals surface area contributed by atoms with Crippen LogP contribution in [0.4, 0.5) is 0 Å². The van der Waals surface area contributed by atoms with Gasteiger partial charge >= 0.3 is 0 Å². The lowest BCUT2D eigenvalue weighted by Gasteiger charge is -2.08. The van der Waals surface area contributed by atoms with Gasteiger partial charge in [0.15, 0.2) is 0 Å². The number of aryl methyl sites for hydroxylation is 1. The number of thiophene rings is 1. The highest BCUT2D eigenvalue weighted by Gasteiger charge is 2.23. The highest BCUT2D eigenvalue weighted by molar-refractivity contribution is 7.11. The molecule has 1 atom stereocenters. The van der Waals surface area contributed by atoms with Crippen molar-refractivity contribution in [3.8, 4) is 0 Å². The molecule has 1 aliphatic carbocycles. The minimum Gasteiger partial charge on any atom is -0.327 e. The second-order valence-corrected chi connectivity index (χ2v) is 5.53. The van der Waals surface area contributed by atoms with Crippen LogP contribution in [0.1, 0.15) is 29.0 Å². The molecule has 0 amide bonds. The van der Waals surface area contributed by atoms with E-state index in [4.69, 9.17) is 5.73 Å². The maximum Gasteiger partial charge on any atom is 0.00898 e. The Morgan fingerprint density at radius 2 is 2.31 bits per heavy atom. The second kappa shape index (κ2) is 3.81. The molecule has 0 bridgehead atoms. The van der Waals surface area contributed by atoms with Crippen molar-refractivity contribution in [2.45, 2.75) is 38.6 Å². The van der Waals surface area contributed by atoms with Crippen molar-refractivity contribution < 1.29 is 0 Å². The van der Waals surface area contributed by atoms with E-state index < -0.39 is 0 Å². The van der Waals surface area contributed by atoms with Crippen molar-refractivity contribution in [2.75, 3.05) is 0 Å². The largest absolute Gasteiger partial charge is 0.327 e. The van der Waals surface area contributed by atoms with E-state index in [-0.39, 0.29) is 0 Å². The minimum absolute atomic E-state index is 0.394.